The Morgan fingerprint density at radius 2 is 1.85 bits per heavy atom. The van der Waals surface area contributed by atoms with Crippen LogP contribution in [0.25, 0.3) is 0 Å². The van der Waals surface area contributed by atoms with Crippen molar-refractivity contribution >= 4 is 23.7 Å². The Kier molecular flexibility index (Phi) is 7.26. The SMILES string of the molecule is COc1ccc2c(c1)CCN(CC1(C#Cc3ccc(C(=N)N4CCCN(C)CC4)cc3)NC(=O)NC1=O)C2=O. The van der Waals surface area contributed by atoms with Gasteiger partial charge in [-0.1, -0.05) is 24.0 Å². The third-order valence-corrected chi connectivity index (χ3v) is 7.47. The summed E-state index contributed by atoms with van der Waals surface area (Å²) in [6.07, 6.45) is 1.61. The van der Waals surface area contributed by atoms with Crippen LogP contribution in [0.4, 0.5) is 4.79 Å². The lowest BCUT2D eigenvalue weighted by Crippen LogP contribution is -2.56. The number of carbonyl (C=O) groups is 3. The molecular formula is C29H32N6O4. The molecule has 0 radical (unpaired) electrons. The minimum Gasteiger partial charge on any atom is -0.497 e. The van der Waals surface area contributed by atoms with Gasteiger partial charge in [0, 0.05) is 42.9 Å². The largest absolute Gasteiger partial charge is 0.497 e. The smallest absolute Gasteiger partial charge is 0.323 e. The van der Waals surface area contributed by atoms with E-state index in [2.05, 4.69) is 39.3 Å². The summed E-state index contributed by atoms with van der Waals surface area (Å²) in [5.74, 6) is 6.30. The first kappa shape index (κ1) is 26.3. The molecule has 1 unspecified atom stereocenters. The molecule has 3 aliphatic heterocycles. The van der Waals surface area contributed by atoms with Crippen molar-refractivity contribution in [2.45, 2.75) is 18.4 Å². The lowest BCUT2D eigenvalue weighted by atomic mass is 9.94. The molecule has 0 spiro atoms. The zero-order valence-electron chi connectivity index (χ0n) is 22.2. The highest BCUT2D eigenvalue weighted by molar-refractivity contribution is 6.10. The number of hydrogen-bond donors (Lipinski definition) is 3. The summed E-state index contributed by atoms with van der Waals surface area (Å²) in [7, 11) is 3.67. The molecule has 0 bridgehead atoms. The van der Waals surface area contributed by atoms with Gasteiger partial charge in [-0.05, 0) is 62.3 Å². The Labute approximate surface area is 227 Å². The summed E-state index contributed by atoms with van der Waals surface area (Å²) in [6.45, 7) is 3.90. The minimum atomic E-state index is -1.57. The quantitative estimate of drug-likeness (QED) is 0.238. The fraction of sp³-hybridized carbons (Fsp3) is 0.379. The fourth-order valence-corrected chi connectivity index (χ4v) is 5.15. The van der Waals surface area contributed by atoms with Gasteiger partial charge in [0.1, 0.15) is 11.6 Å². The molecule has 5 rings (SSSR count). The first-order valence-corrected chi connectivity index (χ1v) is 13.0. The van der Waals surface area contributed by atoms with E-state index in [1.165, 1.54) is 0 Å². The summed E-state index contributed by atoms with van der Waals surface area (Å²) in [5, 5.41) is 13.6. The van der Waals surface area contributed by atoms with Crippen molar-refractivity contribution in [2.24, 2.45) is 0 Å². The molecule has 202 valence electrons. The molecule has 10 heteroatoms. The molecule has 4 amide bonds. The van der Waals surface area contributed by atoms with E-state index in [1.54, 1.807) is 36.3 Å². The summed E-state index contributed by atoms with van der Waals surface area (Å²) < 4.78 is 5.27. The van der Waals surface area contributed by atoms with Crippen LogP contribution in [0.5, 0.6) is 5.75 Å². The average molecular weight is 529 g/mol. The predicted molar refractivity (Wildman–Crippen MR) is 146 cm³/mol. The van der Waals surface area contributed by atoms with Crippen molar-refractivity contribution in [1.29, 1.82) is 5.41 Å². The van der Waals surface area contributed by atoms with Crippen LogP contribution in [0.2, 0.25) is 0 Å². The van der Waals surface area contributed by atoms with Crippen molar-refractivity contribution < 1.29 is 19.1 Å². The molecule has 0 saturated carbocycles. The Morgan fingerprint density at radius 3 is 2.56 bits per heavy atom. The Bertz CT molecular complexity index is 1380. The second kappa shape index (κ2) is 10.8. The molecular weight excluding hydrogens is 496 g/mol. The van der Waals surface area contributed by atoms with Crippen LogP contribution >= 0.6 is 0 Å². The van der Waals surface area contributed by atoms with E-state index in [9.17, 15) is 14.4 Å². The van der Waals surface area contributed by atoms with Gasteiger partial charge in [-0.2, -0.15) is 0 Å². The van der Waals surface area contributed by atoms with E-state index in [4.69, 9.17) is 10.1 Å². The molecule has 1 atom stereocenters. The average Bonchev–Trinajstić information content (AvgIpc) is 3.07. The number of likely N-dealkylation sites (N-methyl/N-ethyl adjacent to an activating group) is 1. The van der Waals surface area contributed by atoms with Crippen LogP contribution in [-0.2, 0) is 11.2 Å². The van der Waals surface area contributed by atoms with Crippen LogP contribution in [0, 0.1) is 17.3 Å². The second-order valence-corrected chi connectivity index (χ2v) is 10.1. The molecule has 2 fully saturated rings. The number of methoxy groups -OCH3 is 1. The predicted octanol–water partition coefficient (Wildman–Crippen LogP) is 1.29. The summed E-state index contributed by atoms with van der Waals surface area (Å²) in [4.78, 5) is 44.2. The molecule has 39 heavy (non-hydrogen) atoms. The maximum absolute atomic E-state index is 13.2. The highest BCUT2D eigenvalue weighted by Crippen LogP contribution is 2.25. The van der Waals surface area contributed by atoms with Crippen molar-refractivity contribution in [3.8, 4) is 17.6 Å². The summed E-state index contributed by atoms with van der Waals surface area (Å²) in [5.41, 5.74) is 1.29. The van der Waals surface area contributed by atoms with Crippen LogP contribution in [-0.4, -0.2) is 97.3 Å². The molecule has 2 aromatic rings. The zero-order chi connectivity index (χ0) is 27.6. The standard InChI is InChI=1S/C29H32N6O4/c1-33-13-3-14-34(17-16-33)25(30)21-6-4-20(5-7-21)10-12-29(27(37)31-28(38)32-29)19-35-15-11-22-18-23(39-2)8-9-24(22)26(35)36/h4-9,18,30H,3,11,13-17,19H2,1-2H3,(H2,31,32,37,38). The molecule has 3 heterocycles. The lowest BCUT2D eigenvalue weighted by molar-refractivity contribution is -0.122. The first-order chi connectivity index (χ1) is 18.8. The third-order valence-electron chi connectivity index (χ3n) is 7.47. The van der Waals surface area contributed by atoms with Gasteiger partial charge < -0.3 is 24.8 Å². The van der Waals surface area contributed by atoms with Gasteiger partial charge in [-0.25, -0.2) is 4.79 Å². The van der Waals surface area contributed by atoms with Gasteiger partial charge >= 0.3 is 6.03 Å². The third kappa shape index (κ3) is 5.45. The zero-order valence-corrected chi connectivity index (χ0v) is 22.2. The van der Waals surface area contributed by atoms with Crippen molar-refractivity contribution in [1.82, 2.24) is 25.3 Å². The van der Waals surface area contributed by atoms with Crippen LogP contribution < -0.4 is 15.4 Å². The van der Waals surface area contributed by atoms with Crippen LogP contribution in [0.15, 0.2) is 42.5 Å². The second-order valence-electron chi connectivity index (χ2n) is 10.1. The molecule has 3 aliphatic rings. The van der Waals surface area contributed by atoms with Gasteiger partial charge in [0.25, 0.3) is 11.8 Å². The van der Waals surface area contributed by atoms with E-state index in [-0.39, 0.29) is 12.5 Å². The number of benzene rings is 2. The van der Waals surface area contributed by atoms with Gasteiger partial charge in [0.05, 0.1) is 13.7 Å². The number of nitrogens with zero attached hydrogens (tertiary/aromatic N) is 3. The van der Waals surface area contributed by atoms with Gasteiger partial charge in [0.2, 0.25) is 5.54 Å². The van der Waals surface area contributed by atoms with Crippen LogP contribution in [0.3, 0.4) is 0 Å². The highest BCUT2D eigenvalue weighted by atomic mass is 16.5. The summed E-state index contributed by atoms with van der Waals surface area (Å²) >= 11 is 0. The normalized spacial score (nSPS) is 21.3. The molecule has 0 aliphatic carbocycles. The first-order valence-electron chi connectivity index (χ1n) is 13.0. The number of amidine groups is 1. The monoisotopic (exact) mass is 528 g/mol. The van der Waals surface area contributed by atoms with E-state index in [0.717, 1.165) is 43.7 Å². The Hall–Kier alpha value is -4.36. The Morgan fingerprint density at radius 1 is 1.05 bits per heavy atom. The number of hydrogen-bond acceptors (Lipinski definition) is 6. The maximum atomic E-state index is 13.2. The number of fused-ring (bicyclic) bond motifs is 1. The number of ether oxygens (including phenoxy) is 1. The number of nitrogens with one attached hydrogen (secondary N) is 3. The molecule has 10 nitrogen and oxygen atoms in total. The van der Waals surface area contributed by atoms with Crippen molar-refractivity contribution in [3.05, 3.63) is 64.7 Å². The number of imide groups is 1. The van der Waals surface area contributed by atoms with E-state index < -0.39 is 17.5 Å². The molecule has 0 aromatic heterocycles. The minimum absolute atomic E-state index is 0.0754. The van der Waals surface area contributed by atoms with Gasteiger partial charge in [0.15, 0.2) is 0 Å². The highest BCUT2D eigenvalue weighted by Gasteiger charge is 2.47. The lowest BCUT2D eigenvalue weighted by Gasteiger charge is -2.33. The number of rotatable bonds is 4. The summed E-state index contributed by atoms with van der Waals surface area (Å²) in [6, 6.07) is 12.0. The maximum Gasteiger partial charge on any atom is 0.323 e. The van der Waals surface area contributed by atoms with Gasteiger partial charge in [-0.3, -0.25) is 20.3 Å². The molecule has 2 saturated heterocycles. The van der Waals surface area contributed by atoms with E-state index in [1.807, 2.05) is 18.2 Å². The van der Waals surface area contributed by atoms with Gasteiger partial charge in [-0.15, -0.1) is 0 Å². The number of amides is 4. The number of carbonyl (C=O) groups excluding carboxylic acids is 3. The number of urea groups is 1. The van der Waals surface area contributed by atoms with E-state index in [0.29, 0.717) is 35.7 Å². The van der Waals surface area contributed by atoms with Crippen LogP contribution in [0.1, 0.15) is 33.5 Å². The van der Waals surface area contributed by atoms with Crippen molar-refractivity contribution in [2.75, 3.05) is 53.4 Å². The molecule has 2 aromatic carbocycles. The fourth-order valence-electron chi connectivity index (χ4n) is 5.15. The Balaban J connectivity index is 1.34. The topological polar surface area (TPSA) is 118 Å². The van der Waals surface area contributed by atoms with Crippen molar-refractivity contribution in [3.63, 3.8) is 0 Å². The molecule has 3 N–H and O–H groups in total. The van der Waals surface area contributed by atoms with E-state index >= 15 is 0 Å².